The number of halogens is 2. The van der Waals surface area contributed by atoms with E-state index in [9.17, 15) is 19.1 Å². The lowest BCUT2D eigenvalue weighted by atomic mass is 10.2. The minimum Gasteiger partial charge on any atom is -0.405 e. The summed E-state index contributed by atoms with van der Waals surface area (Å²) in [5.41, 5.74) is -1.84. The van der Waals surface area contributed by atoms with Crippen LogP contribution in [0.4, 0.5) is 4.39 Å². The second kappa shape index (κ2) is 10.4. The van der Waals surface area contributed by atoms with Crippen LogP contribution in [0.25, 0.3) is 0 Å². The molecule has 1 fully saturated rings. The molecule has 0 saturated carbocycles. The molecule has 0 bridgehead atoms. The van der Waals surface area contributed by atoms with E-state index in [2.05, 4.69) is 50.0 Å². The number of alkyl halides is 2. The third-order valence-electron chi connectivity index (χ3n) is 6.63. The van der Waals surface area contributed by atoms with Crippen LogP contribution in [0.1, 0.15) is 32.6 Å². The third-order valence-corrected chi connectivity index (χ3v) is 12.1. The van der Waals surface area contributed by atoms with E-state index in [4.69, 9.17) is 20.8 Å². The Kier molecular flexibility index (Phi) is 7.68. The van der Waals surface area contributed by atoms with E-state index in [1.54, 1.807) is 0 Å². The van der Waals surface area contributed by atoms with Gasteiger partial charge in [0.15, 0.2) is 6.23 Å². The number of aliphatic hydroxyl groups is 1. The van der Waals surface area contributed by atoms with Gasteiger partial charge in [-0.25, -0.2) is 9.18 Å². The van der Waals surface area contributed by atoms with Crippen molar-refractivity contribution in [2.45, 2.75) is 56.3 Å². The van der Waals surface area contributed by atoms with Gasteiger partial charge < -0.3 is 14.3 Å². The maximum Gasteiger partial charge on any atom is 0.330 e. The second-order valence-electron chi connectivity index (χ2n) is 9.93. The van der Waals surface area contributed by atoms with Gasteiger partial charge in [-0.2, -0.15) is 0 Å². The van der Waals surface area contributed by atoms with Crippen molar-refractivity contribution < 1.29 is 18.7 Å². The number of aromatic amines is 1. The number of benzene rings is 2. The van der Waals surface area contributed by atoms with E-state index >= 15 is 0 Å². The normalized spacial score (nSPS) is 22.6. The molecule has 1 aliphatic rings. The molecule has 3 aromatic rings. The molecule has 7 nitrogen and oxygen atoms in total. The first-order valence-electron chi connectivity index (χ1n) is 11.7. The number of aromatic nitrogens is 2. The van der Waals surface area contributed by atoms with Crippen LogP contribution in [0.3, 0.4) is 0 Å². The van der Waals surface area contributed by atoms with Crippen LogP contribution in [0.5, 0.6) is 0 Å². The molecule has 1 aromatic heterocycles. The molecular weight excluding hydrogens is 503 g/mol. The standard InChI is InChI=1S/C26H30ClFN2O5Si/c1-26(2,3)36(18-10-6-4-7-11-18,19-12-8-5-9-13-19)34-16-20-22(31)21(27)24(35-20)30-15-17(14-28)23(32)29-25(30)33/h4-13,15,20-22,24,31H,14,16H2,1-3H3,(H,29,32,33)/t20-,21?,22?,24-/m0/s1. The average Bonchev–Trinajstić information content (AvgIpc) is 3.13. The zero-order valence-electron chi connectivity index (χ0n) is 20.4. The lowest BCUT2D eigenvalue weighted by molar-refractivity contribution is -0.0426. The molecule has 10 heteroatoms. The Balaban J connectivity index is 1.69. The number of nitrogens with one attached hydrogen (secondary N) is 1. The smallest absolute Gasteiger partial charge is 0.330 e. The van der Waals surface area contributed by atoms with Crippen LogP contribution in [0, 0.1) is 0 Å². The topological polar surface area (TPSA) is 93.5 Å². The SMILES string of the molecule is CC(C)(C)[Si](OC[C@@H]1O[C@H](n2cc(CF)c(=O)[nH]c2=O)C(Cl)C1O)(c1ccccc1)c1ccccc1. The van der Waals surface area contributed by atoms with Crippen molar-refractivity contribution in [1.29, 1.82) is 0 Å². The Morgan fingerprint density at radius 3 is 2.14 bits per heavy atom. The fourth-order valence-corrected chi connectivity index (χ4v) is 9.76. The van der Waals surface area contributed by atoms with Crippen molar-refractivity contribution >= 4 is 30.3 Å². The molecule has 2 unspecified atom stereocenters. The van der Waals surface area contributed by atoms with Crippen LogP contribution in [-0.2, 0) is 15.8 Å². The molecule has 1 aliphatic heterocycles. The zero-order chi connectivity index (χ0) is 26.1. The number of ether oxygens (including phenoxy) is 1. The van der Waals surface area contributed by atoms with Gasteiger partial charge in [-0.3, -0.25) is 14.3 Å². The molecule has 36 heavy (non-hydrogen) atoms. The Labute approximate surface area is 214 Å². The number of H-pyrrole nitrogens is 1. The van der Waals surface area contributed by atoms with Crippen molar-refractivity contribution in [3.63, 3.8) is 0 Å². The Hall–Kier alpha value is -2.56. The predicted octanol–water partition coefficient (Wildman–Crippen LogP) is 2.45. The Morgan fingerprint density at radius 1 is 1.08 bits per heavy atom. The Bertz CT molecular complexity index is 1260. The van der Waals surface area contributed by atoms with Gasteiger partial charge in [-0.1, -0.05) is 81.4 Å². The highest BCUT2D eigenvalue weighted by atomic mass is 35.5. The molecule has 0 aliphatic carbocycles. The third kappa shape index (κ3) is 4.73. The summed E-state index contributed by atoms with van der Waals surface area (Å²) in [5, 5.41) is 11.8. The number of rotatable bonds is 7. The molecule has 0 spiro atoms. The molecule has 0 radical (unpaired) electrons. The zero-order valence-corrected chi connectivity index (χ0v) is 22.1. The van der Waals surface area contributed by atoms with Crippen LogP contribution in [0.2, 0.25) is 5.04 Å². The quantitative estimate of drug-likeness (QED) is 0.360. The summed E-state index contributed by atoms with van der Waals surface area (Å²) < 4.78 is 27.1. The molecule has 0 amide bonds. The van der Waals surface area contributed by atoms with Gasteiger partial charge in [0.2, 0.25) is 0 Å². The minimum atomic E-state index is -2.90. The summed E-state index contributed by atoms with van der Waals surface area (Å²) in [6.07, 6.45) is -2.04. The van der Waals surface area contributed by atoms with Crippen molar-refractivity contribution in [3.05, 3.63) is 93.3 Å². The van der Waals surface area contributed by atoms with E-state index < -0.39 is 50.1 Å². The van der Waals surface area contributed by atoms with Crippen LogP contribution < -0.4 is 21.6 Å². The fraction of sp³-hybridized carbons (Fsp3) is 0.385. The summed E-state index contributed by atoms with van der Waals surface area (Å²) in [7, 11) is -2.90. The van der Waals surface area contributed by atoms with Gasteiger partial charge in [-0.15, -0.1) is 11.6 Å². The fourth-order valence-electron chi connectivity index (χ4n) is 4.85. The first-order chi connectivity index (χ1) is 17.1. The summed E-state index contributed by atoms with van der Waals surface area (Å²) >= 11 is 6.47. The molecule has 2 heterocycles. The van der Waals surface area contributed by atoms with E-state index in [0.29, 0.717) is 0 Å². The van der Waals surface area contributed by atoms with E-state index in [1.165, 1.54) is 0 Å². The first kappa shape index (κ1) is 26.5. The van der Waals surface area contributed by atoms with Crippen LogP contribution in [0.15, 0.2) is 76.4 Å². The Morgan fingerprint density at radius 2 is 1.64 bits per heavy atom. The lowest BCUT2D eigenvalue weighted by Crippen LogP contribution is -2.67. The maximum atomic E-state index is 13.2. The molecule has 2 N–H and O–H groups in total. The largest absolute Gasteiger partial charge is 0.405 e. The number of hydrogen-bond donors (Lipinski definition) is 2. The summed E-state index contributed by atoms with van der Waals surface area (Å²) in [5.74, 6) is 0. The minimum absolute atomic E-state index is 0.0161. The molecule has 2 aromatic carbocycles. The summed E-state index contributed by atoms with van der Waals surface area (Å²) in [4.78, 5) is 26.3. The molecule has 192 valence electrons. The van der Waals surface area contributed by atoms with Gasteiger partial charge in [0, 0.05) is 6.20 Å². The number of hydrogen-bond acceptors (Lipinski definition) is 5. The van der Waals surface area contributed by atoms with Crippen LogP contribution in [-0.4, -0.2) is 47.2 Å². The van der Waals surface area contributed by atoms with Gasteiger partial charge in [0.25, 0.3) is 13.9 Å². The van der Waals surface area contributed by atoms with Crippen molar-refractivity contribution in [3.8, 4) is 0 Å². The highest BCUT2D eigenvalue weighted by molar-refractivity contribution is 6.99. The monoisotopic (exact) mass is 532 g/mol. The van der Waals surface area contributed by atoms with Crippen molar-refractivity contribution in [2.24, 2.45) is 0 Å². The maximum absolute atomic E-state index is 13.2. The highest BCUT2D eigenvalue weighted by Gasteiger charge is 2.52. The molecular formula is C26H30ClFN2O5Si. The highest BCUT2D eigenvalue weighted by Crippen LogP contribution is 2.38. The van der Waals surface area contributed by atoms with E-state index in [0.717, 1.165) is 21.1 Å². The number of nitrogens with zero attached hydrogens (tertiary/aromatic N) is 1. The van der Waals surface area contributed by atoms with Crippen molar-refractivity contribution in [2.75, 3.05) is 6.61 Å². The van der Waals surface area contributed by atoms with E-state index in [1.807, 2.05) is 36.4 Å². The molecule has 1 saturated heterocycles. The number of aliphatic hydroxyl groups excluding tert-OH is 1. The predicted molar refractivity (Wildman–Crippen MR) is 139 cm³/mol. The average molecular weight is 533 g/mol. The lowest BCUT2D eigenvalue weighted by Gasteiger charge is -2.43. The van der Waals surface area contributed by atoms with Gasteiger partial charge in [-0.05, 0) is 15.4 Å². The van der Waals surface area contributed by atoms with Gasteiger partial charge >= 0.3 is 5.69 Å². The first-order valence-corrected chi connectivity index (χ1v) is 14.1. The summed E-state index contributed by atoms with van der Waals surface area (Å²) in [6, 6.07) is 20.1. The van der Waals surface area contributed by atoms with Crippen molar-refractivity contribution in [1.82, 2.24) is 9.55 Å². The van der Waals surface area contributed by atoms with E-state index in [-0.39, 0.29) is 17.2 Å². The van der Waals surface area contributed by atoms with Gasteiger partial charge in [0.05, 0.1) is 12.2 Å². The molecule has 4 rings (SSSR count). The summed E-state index contributed by atoms with van der Waals surface area (Å²) in [6.45, 7) is 5.37. The second-order valence-corrected chi connectivity index (χ2v) is 14.7. The van der Waals surface area contributed by atoms with Crippen LogP contribution >= 0.6 is 11.6 Å². The van der Waals surface area contributed by atoms with Gasteiger partial charge in [0.1, 0.15) is 24.3 Å². The molecule has 4 atom stereocenters.